The van der Waals surface area contributed by atoms with Gasteiger partial charge in [-0.3, -0.25) is 4.79 Å². The average molecular weight is 335 g/mol. The number of nitrogens with one attached hydrogen (secondary N) is 1. The number of halogens is 3. The summed E-state index contributed by atoms with van der Waals surface area (Å²) in [6.45, 7) is 1.61. The minimum Gasteiger partial charge on any atom is -0.497 e. The Morgan fingerprint density at radius 3 is 2.50 bits per heavy atom. The van der Waals surface area contributed by atoms with Crippen LogP contribution in [0, 0.1) is 0 Å². The van der Waals surface area contributed by atoms with E-state index in [9.17, 15) is 18.0 Å². The van der Waals surface area contributed by atoms with Gasteiger partial charge in [0.2, 0.25) is 0 Å². The van der Waals surface area contributed by atoms with E-state index in [-0.39, 0.29) is 11.5 Å². The fourth-order valence-electron chi connectivity index (χ4n) is 2.09. The second kappa shape index (κ2) is 7.21. The van der Waals surface area contributed by atoms with Gasteiger partial charge in [0.25, 0.3) is 0 Å². The highest BCUT2D eigenvalue weighted by Crippen LogP contribution is 2.30. The van der Waals surface area contributed by atoms with E-state index in [2.05, 4.69) is 5.32 Å². The first-order valence-corrected chi connectivity index (χ1v) is 7.10. The lowest BCUT2D eigenvalue weighted by atomic mass is 10.1. The molecule has 0 aliphatic carbocycles. The van der Waals surface area contributed by atoms with Crippen molar-refractivity contribution in [2.24, 2.45) is 0 Å². The molecule has 24 heavy (non-hydrogen) atoms. The van der Waals surface area contributed by atoms with Crippen molar-refractivity contribution >= 4 is 11.5 Å². The smallest absolute Gasteiger partial charge is 0.416 e. The summed E-state index contributed by atoms with van der Waals surface area (Å²) in [7, 11) is 1.50. The van der Waals surface area contributed by atoms with E-state index >= 15 is 0 Å². The number of carbonyl (C=O) groups is 1. The van der Waals surface area contributed by atoms with E-state index < -0.39 is 11.7 Å². The van der Waals surface area contributed by atoms with Crippen LogP contribution in [0.4, 0.5) is 18.9 Å². The molecule has 0 aliphatic heterocycles. The highest BCUT2D eigenvalue weighted by molar-refractivity contribution is 6.05. The molecule has 0 radical (unpaired) electrons. The second-order valence-corrected chi connectivity index (χ2v) is 5.13. The van der Waals surface area contributed by atoms with Crippen LogP contribution in [0.5, 0.6) is 5.75 Å². The van der Waals surface area contributed by atoms with Crippen molar-refractivity contribution in [3.05, 3.63) is 71.4 Å². The molecule has 126 valence electrons. The number of rotatable bonds is 5. The summed E-state index contributed by atoms with van der Waals surface area (Å²) >= 11 is 0. The summed E-state index contributed by atoms with van der Waals surface area (Å²) in [5, 5.41) is 2.79. The minimum absolute atomic E-state index is 0.261. The summed E-state index contributed by atoms with van der Waals surface area (Å²) in [5.74, 6) is 0.281. The van der Waals surface area contributed by atoms with Crippen LogP contribution in [-0.4, -0.2) is 12.9 Å². The summed E-state index contributed by atoms with van der Waals surface area (Å²) in [4.78, 5) is 12.2. The van der Waals surface area contributed by atoms with Gasteiger partial charge in [-0.25, -0.2) is 0 Å². The van der Waals surface area contributed by atoms with Gasteiger partial charge in [-0.05, 0) is 37.3 Å². The molecule has 0 spiro atoms. The molecule has 0 fully saturated rings. The molecule has 0 bridgehead atoms. The van der Waals surface area contributed by atoms with Gasteiger partial charge in [-0.2, -0.15) is 13.2 Å². The third kappa shape index (κ3) is 4.62. The van der Waals surface area contributed by atoms with Gasteiger partial charge in [-0.15, -0.1) is 0 Å². The van der Waals surface area contributed by atoms with Gasteiger partial charge in [0.15, 0.2) is 5.78 Å². The lowest BCUT2D eigenvalue weighted by Crippen LogP contribution is -2.06. The topological polar surface area (TPSA) is 38.3 Å². The molecule has 2 rings (SSSR count). The normalized spacial score (nSPS) is 12.0. The van der Waals surface area contributed by atoms with Crippen LogP contribution in [-0.2, 0) is 6.18 Å². The molecule has 3 nitrogen and oxygen atoms in total. The fraction of sp³-hybridized carbons (Fsp3) is 0.167. The first kappa shape index (κ1) is 17.6. The zero-order chi connectivity index (χ0) is 17.7. The van der Waals surface area contributed by atoms with Gasteiger partial charge in [0.1, 0.15) is 5.75 Å². The van der Waals surface area contributed by atoms with E-state index in [0.717, 1.165) is 12.1 Å². The quantitative estimate of drug-likeness (QED) is 0.623. The van der Waals surface area contributed by atoms with Crippen LogP contribution in [0.1, 0.15) is 22.8 Å². The molecular formula is C18H16F3NO2. The van der Waals surface area contributed by atoms with E-state index in [1.807, 2.05) is 0 Å². The summed E-state index contributed by atoms with van der Waals surface area (Å²) < 4.78 is 43.2. The lowest BCUT2D eigenvalue weighted by molar-refractivity contribution is -0.137. The van der Waals surface area contributed by atoms with Crippen LogP contribution in [0.3, 0.4) is 0 Å². The van der Waals surface area contributed by atoms with Crippen molar-refractivity contribution in [3.63, 3.8) is 0 Å². The first-order valence-electron chi connectivity index (χ1n) is 7.10. The number of ketones is 1. The van der Waals surface area contributed by atoms with E-state index in [1.165, 1.54) is 25.3 Å². The molecule has 1 N–H and O–H groups in total. The van der Waals surface area contributed by atoms with Crippen LogP contribution in [0.2, 0.25) is 0 Å². The fourth-order valence-corrected chi connectivity index (χ4v) is 2.09. The maximum atomic E-state index is 12.7. The van der Waals surface area contributed by atoms with Crippen LogP contribution < -0.4 is 10.1 Å². The first-order chi connectivity index (χ1) is 11.3. The Bertz CT molecular complexity index is 767. The van der Waals surface area contributed by atoms with E-state index in [0.29, 0.717) is 17.0 Å². The van der Waals surface area contributed by atoms with Crippen molar-refractivity contribution in [1.29, 1.82) is 0 Å². The van der Waals surface area contributed by atoms with Gasteiger partial charge in [0, 0.05) is 23.0 Å². The van der Waals surface area contributed by atoms with Gasteiger partial charge >= 0.3 is 6.18 Å². The molecule has 0 aromatic heterocycles. The highest BCUT2D eigenvalue weighted by atomic mass is 19.4. The Kier molecular flexibility index (Phi) is 5.28. The van der Waals surface area contributed by atoms with Crippen molar-refractivity contribution in [2.45, 2.75) is 13.1 Å². The zero-order valence-corrected chi connectivity index (χ0v) is 13.1. The molecule has 2 aromatic rings. The van der Waals surface area contributed by atoms with E-state index in [1.54, 1.807) is 31.2 Å². The Labute approximate surface area is 137 Å². The second-order valence-electron chi connectivity index (χ2n) is 5.13. The van der Waals surface area contributed by atoms with Gasteiger partial charge in [-0.1, -0.05) is 18.2 Å². The summed E-state index contributed by atoms with van der Waals surface area (Å²) in [6.07, 6.45) is -3.08. The Hall–Kier alpha value is -2.76. The molecule has 0 unspecified atom stereocenters. The third-order valence-corrected chi connectivity index (χ3v) is 3.23. The predicted molar refractivity (Wildman–Crippen MR) is 86.1 cm³/mol. The number of ether oxygens (including phenoxy) is 1. The minimum atomic E-state index is -4.41. The number of carbonyl (C=O) groups excluding carboxylic acids is 1. The zero-order valence-electron chi connectivity index (χ0n) is 13.1. The molecule has 2 aromatic carbocycles. The molecule has 0 saturated heterocycles. The van der Waals surface area contributed by atoms with Crippen LogP contribution in [0.15, 0.2) is 60.3 Å². The Morgan fingerprint density at radius 2 is 1.83 bits per heavy atom. The number of hydrogen-bond donors (Lipinski definition) is 1. The number of alkyl halides is 3. The number of hydrogen-bond acceptors (Lipinski definition) is 3. The molecule has 0 aliphatic rings. The third-order valence-electron chi connectivity index (χ3n) is 3.23. The van der Waals surface area contributed by atoms with Crippen molar-refractivity contribution in [3.8, 4) is 5.75 Å². The summed E-state index contributed by atoms with van der Waals surface area (Å²) in [6, 6.07) is 11.4. The lowest BCUT2D eigenvalue weighted by Gasteiger charge is -2.11. The predicted octanol–water partition coefficient (Wildman–Crippen LogP) is 4.91. The Morgan fingerprint density at radius 1 is 1.12 bits per heavy atom. The van der Waals surface area contributed by atoms with Gasteiger partial charge < -0.3 is 10.1 Å². The molecule has 0 atom stereocenters. The van der Waals surface area contributed by atoms with Crippen molar-refractivity contribution in [2.75, 3.05) is 12.4 Å². The monoisotopic (exact) mass is 335 g/mol. The SMILES string of the molecule is COc1cccc(C(=O)/C=C(\C)Nc2cccc(C(F)(F)F)c2)c1. The summed E-state index contributed by atoms with van der Waals surface area (Å²) in [5.41, 5.74) is 0.373. The van der Waals surface area contributed by atoms with Crippen molar-refractivity contribution in [1.82, 2.24) is 0 Å². The molecular weight excluding hydrogens is 319 g/mol. The van der Waals surface area contributed by atoms with Crippen molar-refractivity contribution < 1.29 is 22.7 Å². The molecule has 0 saturated carbocycles. The van der Waals surface area contributed by atoms with E-state index in [4.69, 9.17) is 4.74 Å². The molecule has 0 heterocycles. The van der Waals surface area contributed by atoms with Crippen LogP contribution >= 0.6 is 0 Å². The molecule has 6 heteroatoms. The maximum absolute atomic E-state index is 12.7. The standard InChI is InChI=1S/C18H16F3NO2/c1-12(9-17(23)13-5-3-8-16(10-13)24-2)22-15-7-4-6-14(11-15)18(19,20)21/h3-11,22H,1-2H3/b12-9+. The highest BCUT2D eigenvalue weighted by Gasteiger charge is 2.30. The maximum Gasteiger partial charge on any atom is 0.416 e. The average Bonchev–Trinajstić information content (AvgIpc) is 2.54. The number of methoxy groups -OCH3 is 1. The van der Waals surface area contributed by atoms with Gasteiger partial charge in [0.05, 0.1) is 12.7 Å². The molecule has 0 amide bonds. The Balaban J connectivity index is 2.15. The largest absolute Gasteiger partial charge is 0.497 e. The number of anilines is 1. The number of benzene rings is 2. The van der Waals surface area contributed by atoms with Crippen LogP contribution in [0.25, 0.3) is 0 Å². The number of allylic oxidation sites excluding steroid dienone is 2.